The van der Waals surface area contributed by atoms with Gasteiger partial charge in [0, 0.05) is 32.1 Å². The minimum absolute atomic E-state index is 0.311. The van der Waals surface area contributed by atoms with Crippen molar-refractivity contribution in [1.82, 2.24) is 9.97 Å². The van der Waals surface area contributed by atoms with Gasteiger partial charge in [0.05, 0.1) is 11.6 Å². The van der Waals surface area contributed by atoms with Crippen molar-refractivity contribution in [1.29, 1.82) is 0 Å². The van der Waals surface area contributed by atoms with Crippen molar-refractivity contribution in [3.05, 3.63) is 24.3 Å². The maximum Gasteiger partial charge on any atom is 0.225 e. The zero-order valence-corrected chi connectivity index (χ0v) is 12.7. The second-order valence-corrected chi connectivity index (χ2v) is 5.43. The van der Waals surface area contributed by atoms with Crippen LogP contribution >= 0.6 is 0 Å². The van der Waals surface area contributed by atoms with Gasteiger partial charge in [-0.1, -0.05) is 12.1 Å². The molecule has 1 fully saturated rings. The van der Waals surface area contributed by atoms with Crippen LogP contribution in [0.1, 0.15) is 19.8 Å². The van der Waals surface area contributed by atoms with Gasteiger partial charge in [0.15, 0.2) is 0 Å². The molecule has 0 bridgehead atoms. The summed E-state index contributed by atoms with van der Waals surface area (Å²) in [4.78, 5) is 11.4. The van der Waals surface area contributed by atoms with Gasteiger partial charge in [-0.25, -0.2) is 4.98 Å². The number of likely N-dealkylation sites (N-methyl/N-ethyl adjacent to an activating group) is 1. The lowest BCUT2D eigenvalue weighted by molar-refractivity contribution is 0.116. The Bertz CT molecular complexity index is 610. The van der Waals surface area contributed by atoms with Crippen LogP contribution in [0.2, 0.25) is 0 Å². The molecular formula is C16H22N4O. The maximum atomic E-state index is 5.73. The molecule has 1 saturated heterocycles. The van der Waals surface area contributed by atoms with E-state index in [4.69, 9.17) is 4.74 Å². The van der Waals surface area contributed by atoms with E-state index in [2.05, 4.69) is 33.3 Å². The Morgan fingerprint density at radius 1 is 1.33 bits per heavy atom. The Balaban J connectivity index is 1.94. The number of ether oxygens (including phenoxy) is 1. The number of fused-ring (bicyclic) bond motifs is 1. The number of benzene rings is 1. The van der Waals surface area contributed by atoms with Crippen molar-refractivity contribution < 1.29 is 4.74 Å². The fourth-order valence-corrected chi connectivity index (χ4v) is 2.77. The van der Waals surface area contributed by atoms with E-state index in [9.17, 15) is 0 Å². The minimum Gasteiger partial charge on any atom is -0.376 e. The third kappa shape index (κ3) is 3.08. The first kappa shape index (κ1) is 14.1. The summed E-state index contributed by atoms with van der Waals surface area (Å²) in [7, 11) is 2.08. The Hall–Kier alpha value is -1.88. The number of aromatic nitrogens is 2. The maximum absolute atomic E-state index is 5.73. The number of nitrogens with zero attached hydrogens (tertiary/aromatic N) is 3. The fourth-order valence-electron chi connectivity index (χ4n) is 2.77. The van der Waals surface area contributed by atoms with E-state index < -0.39 is 0 Å². The highest BCUT2D eigenvalue weighted by molar-refractivity contribution is 5.90. The molecule has 0 radical (unpaired) electrons. The summed E-state index contributed by atoms with van der Waals surface area (Å²) in [6.07, 6.45) is 2.60. The molecule has 1 aromatic carbocycles. The van der Waals surface area contributed by atoms with Gasteiger partial charge in [-0.15, -0.1) is 0 Å². The Kier molecular flexibility index (Phi) is 4.20. The molecule has 1 aromatic heterocycles. The van der Waals surface area contributed by atoms with E-state index in [1.54, 1.807) is 0 Å². The lowest BCUT2D eigenvalue weighted by Gasteiger charge is -2.23. The van der Waals surface area contributed by atoms with Crippen LogP contribution in [0.5, 0.6) is 0 Å². The van der Waals surface area contributed by atoms with Gasteiger partial charge >= 0.3 is 0 Å². The highest BCUT2D eigenvalue weighted by Gasteiger charge is 2.19. The molecule has 5 heteroatoms. The van der Waals surface area contributed by atoms with Gasteiger partial charge in [0.1, 0.15) is 5.82 Å². The number of rotatable bonds is 5. The van der Waals surface area contributed by atoms with Gasteiger partial charge in [-0.05, 0) is 31.9 Å². The average molecular weight is 286 g/mol. The van der Waals surface area contributed by atoms with Crippen LogP contribution in [0, 0.1) is 0 Å². The highest BCUT2D eigenvalue weighted by Crippen LogP contribution is 2.25. The molecule has 1 atom stereocenters. The zero-order valence-electron chi connectivity index (χ0n) is 12.7. The second-order valence-electron chi connectivity index (χ2n) is 5.43. The van der Waals surface area contributed by atoms with Crippen molar-refractivity contribution in [3.8, 4) is 0 Å². The molecule has 2 heterocycles. The molecule has 0 saturated carbocycles. The normalized spacial score (nSPS) is 18.1. The molecule has 0 aliphatic carbocycles. The predicted molar refractivity (Wildman–Crippen MR) is 85.9 cm³/mol. The predicted octanol–water partition coefficient (Wildman–Crippen LogP) is 2.68. The summed E-state index contributed by atoms with van der Waals surface area (Å²) in [6, 6.07) is 8.14. The van der Waals surface area contributed by atoms with E-state index in [1.165, 1.54) is 0 Å². The summed E-state index contributed by atoms with van der Waals surface area (Å²) in [5, 5.41) is 4.29. The first-order chi connectivity index (χ1) is 10.3. The van der Waals surface area contributed by atoms with E-state index >= 15 is 0 Å². The van der Waals surface area contributed by atoms with Gasteiger partial charge in [-0.2, -0.15) is 4.98 Å². The Morgan fingerprint density at radius 3 is 2.95 bits per heavy atom. The van der Waals surface area contributed by atoms with E-state index in [1.807, 2.05) is 25.1 Å². The molecular weight excluding hydrogens is 264 g/mol. The van der Waals surface area contributed by atoms with Crippen LogP contribution in [-0.4, -0.2) is 42.8 Å². The molecule has 0 spiro atoms. The molecule has 1 unspecified atom stereocenters. The van der Waals surface area contributed by atoms with Gasteiger partial charge in [0.25, 0.3) is 0 Å². The quantitative estimate of drug-likeness (QED) is 0.916. The highest BCUT2D eigenvalue weighted by atomic mass is 16.5. The number of para-hydroxylation sites is 1. The fraction of sp³-hybridized carbons (Fsp3) is 0.500. The zero-order chi connectivity index (χ0) is 14.7. The monoisotopic (exact) mass is 286 g/mol. The first-order valence-electron chi connectivity index (χ1n) is 7.61. The number of hydrogen-bond acceptors (Lipinski definition) is 5. The van der Waals surface area contributed by atoms with Crippen LogP contribution in [0.3, 0.4) is 0 Å². The molecule has 2 aromatic rings. The number of nitrogens with one attached hydrogen (secondary N) is 1. The molecule has 112 valence electrons. The van der Waals surface area contributed by atoms with Crippen molar-refractivity contribution in [3.63, 3.8) is 0 Å². The van der Waals surface area contributed by atoms with Crippen LogP contribution in [0.15, 0.2) is 24.3 Å². The van der Waals surface area contributed by atoms with Crippen molar-refractivity contribution >= 4 is 22.7 Å². The first-order valence-corrected chi connectivity index (χ1v) is 7.61. The van der Waals surface area contributed by atoms with E-state index in [0.29, 0.717) is 12.1 Å². The summed E-state index contributed by atoms with van der Waals surface area (Å²) >= 11 is 0. The average Bonchev–Trinajstić information content (AvgIpc) is 2.99. The van der Waals surface area contributed by atoms with Crippen LogP contribution in [0.25, 0.3) is 10.9 Å². The summed E-state index contributed by atoms with van der Waals surface area (Å²) in [5.41, 5.74) is 0.970. The Labute approximate surface area is 125 Å². The molecule has 0 amide bonds. The van der Waals surface area contributed by atoms with Gasteiger partial charge in [-0.3, -0.25) is 0 Å². The summed E-state index contributed by atoms with van der Waals surface area (Å²) in [5.74, 6) is 1.65. The van der Waals surface area contributed by atoms with E-state index in [-0.39, 0.29) is 0 Å². The lowest BCUT2D eigenvalue weighted by atomic mass is 10.2. The molecule has 3 rings (SSSR count). The molecule has 5 nitrogen and oxygen atoms in total. The smallest absolute Gasteiger partial charge is 0.225 e. The SMILES string of the molecule is CCNc1nc(N(C)CC2CCCO2)c2ccccc2n1. The van der Waals surface area contributed by atoms with Crippen molar-refractivity contribution in [2.45, 2.75) is 25.9 Å². The minimum atomic E-state index is 0.311. The third-order valence-corrected chi connectivity index (χ3v) is 3.78. The number of anilines is 2. The topological polar surface area (TPSA) is 50.3 Å². The Morgan fingerprint density at radius 2 is 2.19 bits per heavy atom. The van der Waals surface area contributed by atoms with Gasteiger partial charge in [0.2, 0.25) is 5.95 Å². The van der Waals surface area contributed by atoms with Crippen molar-refractivity contribution in [2.24, 2.45) is 0 Å². The molecule has 1 aliphatic rings. The summed E-state index contributed by atoms with van der Waals surface area (Å²) < 4.78 is 5.73. The van der Waals surface area contributed by atoms with Crippen molar-refractivity contribution in [2.75, 3.05) is 37.0 Å². The molecule has 1 aliphatic heterocycles. The van der Waals surface area contributed by atoms with Gasteiger partial charge < -0.3 is 15.0 Å². The summed E-state index contributed by atoms with van der Waals surface area (Å²) in [6.45, 7) is 4.61. The van der Waals surface area contributed by atoms with Crippen LogP contribution in [0.4, 0.5) is 11.8 Å². The lowest BCUT2D eigenvalue weighted by Crippen LogP contribution is -2.29. The van der Waals surface area contributed by atoms with Crippen LogP contribution < -0.4 is 10.2 Å². The second kappa shape index (κ2) is 6.26. The van der Waals surface area contributed by atoms with Crippen LogP contribution in [-0.2, 0) is 4.74 Å². The largest absolute Gasteiger partial charge is 0.376 e. The standard InChI is InChI=1S/C16H22N4O/c1-3-17-16-18-14-9-5-4-8-13(14)15(19-16)20(2)11-12-7-6-10-21-12/h4-5,8-9,12H,3,6-7,10-11H2,1-2H3,(H,17,18,19). The number of hydrogen-bond donors (Lipinski definition) is 1. The molecule has 1 N–H and O–H groups in total. The molecule has 21 heavy (non-hydrogen) atoms. The third-order valence-electron chi connectivity index (χ3n) is 3.78. The van der Waals surface area contributed by atoms with E-state index in [0.717, 1.165) is 49.3 Å².